The molecule has 0 spiro atoms. The molecule has 1 aliphatic heterocycles. The number of thioether (sulfide) groups is 1. The number of unbranched alkanes of at least 4 members (excludes halogenated alkanes) is 1. The Balaban J connectivity index is 2.05. The normalized spacial score (nSPS) is 16.5. The lowest BCUT2D eigenvalue weighted by molar-refractivity contribution is -0.146. The molecule has 1 aromatic carbocycles. The number of esters is 1. The maximum absolute atomic E-state index is 12.6. The lowest BCUT2D eigenvalue weighted by Crippen LogP contribution is -2.34. The van der Waals surface area contributed by atoms with Gasteiger partial charge in [-0.3, -0.25) is 14.5 Å². The van der Waals surface area contributed by atoms with Crippen molar-refractivity contribution in [3.63, 3.8) is 0 Å². The Morgan fingerprint density at radius 3 is 2.50 bits per heavy atom. The molecule has 0 aliphatic carbocycles. The maximum atomic E-state index is 12.6. The third-order valence-electron chi connectivity index (χ3n) is 4.00. The standard InChI is InChI=1S/C20H25NO3S2/c1-5-6-11-24-17(22)13-21-18(23)16(26-19(21)25)12-14-7-9-15(10-8-14)20(2,3)4/h7-10,12H,5-6,11,13H2,1-4H3/b16-12-. The van der Waals surface area contributed by atoms with E-state index < -0.39 is 5.97 Å². The highest BCUT2D eigenvalue weighted by Gasteiger charge is 2.33. The van der Waals surface area contributed by atoms with Crippen LogP contribution in [0, 0.1) is 0 Å². The van der Waals surface area contributed by atoms with Gasteiger partial charge in [0.25, 0.3) is 5.91 Å². The fraction of sp³-hybridized carbons (Fsp3) is 0.450. The van der Waals surface area contributed by atoms with E-state index in [9.17, 15) is 9.59 Å². The van der Waals surface area contributed by atoms with Crippen molar-refractivity contribution in [3.05, 3.63) is 40.3 Å². The van der Waals surface area contributed by atoms with Gasteiger partial charge in [-0.2, -0.15) is 0 Å². The summed E-state index contributed by atoms with van der Waals surface area (Å²) < 4.78 is 5.51. The number of ether oxygens (including phenoxy) is 1. The number of hydrogen-bond donors (Lipinski definition) is 0. The van der Waals surface area contributed by atoms with Crippen LogP contribution in [0.5, 0.6) is 0 Å². The monoisotopic (exact) mass is 391 g/mol. The van der Waals surface area contributed by atoms with Gasteiger partial charge >= 0.3 is 5.97 Å². The second-order valence-corrected chi connectivity index (χ2v) is 8.89. The molecule has 26 heavy (non-hydrogen) atoms. The minimum absolute atomic E-state index is 0.0834. The van der Waals surface area contributed by atoms with E-state index in [1.54, 1.807) is 0 Å². The summed E-state index contributed by atoms with van der Waals surface area (Å²) in [6.45, 7) is 8.75. The van der Waals surface area contributed by atoms with E-state index in [4.69, 9.17) is 17.0 Å². The largest absolute Gasteiger partial charge is 0.464 e. The predicted octanol–water partition coefficient (Wildman–Crippen LogP) is 4.53. The molecule has 0 atom stereocenters. The molecule has 0 bridgehead atoms. The van der Waals surface area contributed by atoms with Crippen LogP contribution in [0.25, 0.3) is 6.08 Å². The van der Waals surface area contributed by atoms with E-state index in [0.29, 0.717) is 15.8 Å². The van der Waals surface area contributed by atoms with Crippen molar-refractivity contribution < 1.29 is 14.3 Å². The van der Waals surface area contributed by atoms with E-state index >= 15 is 0 Å². The second-order valence-electron chi connectivity index (χ2n) is 7.21. The van der Waals surface area contributed by atoms with Gasteiger partial charge in [0.05, 0.1) is 11.5 Å². The smallest absolute Gasteiger partial charge is 0.326 e. The summed E-state index contributed by atoms with van der Waals surface area (Å²) in [6.07, 6.45) is 3.58. The summed E-state index contributed by atoms with van der Waals surface area (Å²) in [5, 5.41) is 0. The van der Waals surface area contributed by atoms with Crippen molar-refractivity contribution in [1.82, 2.24) is 4.90 Å². The predicted molar refractivity (Wildman–Crippen MR) is 111 cm³/mol. The van der Waals surface area contributed by atoms with Crippen molar-refractivity contribution in [2.45, 2.75) is 46.0 Å². The zero-order valence-electron chi connectivity index (χ0n) is 15.7. The molecule has 1 saturated heterocycles. The van der Waals surface area contributed by atoms with Crippen molar-refractivity contribution >= 4 is 46.3 Å². The zero-order chi connectivity index (χ0) is 19.3. The Bertz CT molecular complexity index is 718. The lowest BCUT2D eigenvalue weighted by Gasteiger charge is -2.18. The fourth-order valence-corrected chi connectivity index (χ4v) is 3.63. The van der Waals surface area contributed by atoms with Gasteiger partial charge in [-0.15, -0.1) is 0 Å². The van der Waals surface area contributed by atoms with Crippen LogP contribution in [0.1, 0.15) is 51.7 Å². The number of amides is 1. The minimum Gasteiger partial charge on any atom is -0.464 e. The van der Waals surface area contributed by atoms with Crippen LogP contribution in [0.2, 0.25) is 0 Å². The Labute approximate surface area is 165 Å². The van der Waals surface area contributed by atoms with Gasteiger partial charge in [0.15, 0.2) is 0 Å². The first-order valence-electron chi connectivity index (χ1n) is 8.74. The fourth-order valence-electron chi connectivity index (χ4n) is 2.37. The lowest BCUT2D eigenvalue weighted by atomic mass is 9.87. The van der Waals surface area contributed by atoms with Crippen LogP contribution >= 0.6 is 24.0 Å². The van der Waals surface area contributed by atoms with E-state index in [0.717, 1.165) is 18.4 Å². The number of thiocarbonyl (C=S) groups is 1. The number of rotatable bonds is 6. The summed E-state index contributed by atoms with van der Waals surface area (Å²) in [4.78, 5) is 26.2. The van der Waals surface area contributed by atoms with Crippen molar-refractivity contribution in [1.29, 1.82) is 0 Å². The van der Waals surface area contributed by atoms with Gasteiger partial charge in [-0.05, 0) is 29.0 Å². The van der Waals surface area contributed by atoms with Gasteiger partial charge < -0.3 is 4.74 Å². The highest BCUT2D eigenvalue weighted by Crippen LogP contribution is 2.32. The van der Waals surface area contributed by atoms with Crippen LogP contribution < -0.4 is 0 Å². The summed E-state index contributed by atoms with van der Waals surface area (Å²) in [7, 11) is 0. The molecule has 0 aromatic heterocycles. The van der Waals surface area contributed by atoms with Crippen LogP contribution in [-0.2, 0) is 19.7 Å². The van der Waals surface area contributed by atoms with E-state index in [2.05, 4.69) is 32.9 Å². The molecule has 4 nitrogen and oxygen atoms in total. The Kier molecular flexibility index (Phi) is 7.01. The molecule has 1 fully saturated rings. The Morgan fingerprint density at radius 1 is 1.27 bits per heavy atom. The van der Waals surface area contributed by atoms with Gasteiger partial charge in [-0.1, -0.05) is 82.4 Å². The van der Waals surface area contributed by atoms with Crippen molar-refractivity contribution in [3.8, 4) is 0 Å². The molecule has 2 rings (SSSR count). The molecular formula is C20H25NO3S2. The topological polar surface area (TPSA) is 46.6 Å². The quantitative estimate of drug-likeness (QED) is 0.309. The van der Waals surface area contributed by atoms with Gasteiger partial charge in [0, 0.05) is 0 Å². The van der Waals surface area contributed by atoms with E-state index in [-0.39, 0.29) is 17.9 Å². The van der Waals surface area contributed by atoms with Crippen LogP contribution in [0.3, 0.4) is 0 Å². The summed E-state index contributed by atoms with van der Waals surface area (Å²) in [6, 6.07) is 8.12. The molecule has 0 N–H and O–H groups in total. The summed E-state index contributed by atoms with van der Waals surface area (Å²) in [5.74, 6) is -0.669. The molecule has 1 aromatic rings. The molecule has 0 radical (unpaired) electrons. The van der Waals surface area contributed by atoms with Gasteiger partial charge in [0.2, 0.25) is 0 Å². The zero-order valence-corrected chi connectivity index (χ0v) is 17.3. The summed E-state index contributed by atoms with van der Waals surface area (Å²) >= 11 is 6.47. The molecule has 140 valence electrons. The Hall–Kier alpha value is -1.66. The number of carbonyl (C=O) groups is 2. The van der Waals surface area contributed by atoms with Crippen LogP contribution in [0.4, 0.5) is 0 Å². The first-order chi connectivity index (χ1) is 12.2. The summed E-state index contributed by atoms with van der Waals surface area (Å²) in [5.41, 5.74) is 2.25. The molecule has 1 heterocycles. The number of nitrogens with zero attached hydrogens (tertiary/aromatic N) is 1. The molecule has 1 amide bonds. The van der Waals surface area contributed by atoms with Crippen LogP contribution in [-0.4, -0.2) is 34.2 Å². The van der Waals surface area contributed by atoms with Crippen LogP contribution in [0.15, 0.2) is 29.2 Å². The SMILES string of the molecule is CCCCOC(=O)CN1C(=O)/C(=C/c2ccc(C(C)(C)C)cc2)SC1=S. The molecule has 0 saturated carbocycles. The van der Waals surface area contributed by atoms with Gasteiger partial charge in [-0.25, -0.2) is 0 Å². The first-order valence-corrected chi connectivity index (χ1v) is 9.96. The first kappa shape index (κ1) is 20.6. The molecular weight excluding hydrogens is 366 g/mol. The highest BCUT2D eigenvalue weighted by molar-refractivity contribution is 8.26. The highest BCUT2D eigenvalue weighted by atomic mass is 32.2. The third kappa shape index (κ3) is 5.42. The number of carbonyl (C=O) groups excluding carboxylic acids is 2. The Morgan fingerprint density at radius 2 is 1.92 bits per heavy atom. The maximum Gasteiger partial charge on any atom is 0.326 e. The molecule has 1 aliphatic rings. The average Bonchev–Trinajstić information content (AvgIpc) is 2.82. The van der Waals surface area contributed by atoms with E-state index in [1.807, 2.05) is 25.1 Å². The number of hydrogen-bond acceptors (Lipinski definition) is 5. The third-order valence-corrected chi connectivity index (χ3v) is 5.37. The number of benzene rings is 1. The van der Waals surface area contributed by atoms with E-state index in [1.165, 1.54) is 22.2 Å². The molecule has 0 unspecified atom stereocenters. The molecule has 6 heteroatoms. The average molecular weight is 392 g/mol. The van der Waals surface area contributed by atoms with Crippen molar-refractivity contribution in [2.75, 3.05) is 13.2 Å². The second kappa shape index (κ2) is 8.82. The minimum atomic E-state index is -0.425. The van der Waals surface area contributed by atoms with Crippen molar-refractivity contribution in [2.24, 2.45) is 0 Å². The van der Waals surface area contributed by atoms with Gasteiger partial charge in [0.1, 0.15) is 10.9 Å².